The van der Waals surface area contributed by atoms with Gasteiger partial charge in [-0.05, 0) is 31.5 Å². The number of amides is 2. The molecule has 0 atom stereocenters. The first-order valence-corrected chi connectivity index (χ1v) is 9.53. The maximum Gasteiger partial charge on any atom is 0.275 e. The van der Waals surface area contributed by atoms with Gasteiger partial charge in [-0.3, -0.25) is 9.59 Å². The van der Waals surface area contributed by atoms with Crippen LogP contribution in [0.25, 0.3) is 0 Å². The number of nitrogens with one attached hydrogen (secondary N) is 2. The van der Waals surface area contributed by atoms with Crippen molar-refractivity contribution in [2.45, 2.75) is 25.3 Å². The zero-order chi connectivity index (χ0) is 19.2. The van der Waals surface area contributed by atoms with Gasteiger partial charge in [0.1, 0.15) is 5.69 Å². The molecule has 9 heteroatoms. The molecule has 0 bridgehead atoms. The van der Waals surface area contributed by atoms with Crippen LogP contribution in [-0.4, -0.2) is 43.1 Å². The van der Waals surface area contributed by atoms with Crippen molar-refractivity contribution in [3.63, 3.8) is 0 Å². The number of nitrogens with two attached hydrogens (primary N) is 1. The van der Waals surface area contributed by atoms with Gasteiger partial charge in [0, 0.05) is 29.6 Å². The Morgan fingerprint density at radius 2 is 2.15 bits per heavy atom. The highest BCUT2D eigenvalue weighted by Gasteiger charge is 2.23. The Bertz CT molecular complexity index is 819. The molecule has 144 valence electrons. The van der Waals surface area contributed by atoms with Gasteiger partial charge in [0.15, 0.2) is 18.1 Å². The average molecular weight is 390 g/mol. The molecule has 1 aromatic heterocycles. The Morgan fingerprint density at radius 1 is 1.33 bits per heavy atom. The van der Waals surface area contributed by atoms with E-state index in [2.05, 4.69) is 15.6 Å². The fourth-order valence-electron chi connectivity index (χ4n) is 2.36. The van der Waals surface area contributed by atoms with E-state index in [1.165, 1.54) is 18.4 Å². The molecule has 1 aromatic carbocycles. The van der Waals surface area contributed by atoms with E-state index >= 15 is 0 Å². The zero-order valence-corrected chi connectivity index (χ0v) is 15.8. The van der Waals surface area contributed by atoms with Crippen molar-refractivity contribution >= 4 is 28.8 Å². The van der Waals surface area contributed by atoms with Crippen LogP contribution in [0, 0.1) is 0 Å². The summed E-state index contributed by atoms with van der Waals surface area (Å²) in [5.41, 5.74) is 6.36. The van der Waals surface area contributed by atoms with Gasteiger partial charge in [-0.2, -0.15) is 0 Å². The summed E-state index contributed by atoms with van der Waals surface area (Å²) >= 11 is 1.40. The summed E-state index contributed by atoms with van der Waals surface area (Å²) in [5, 5.41) is 8.15. The topological polar surface area (TPSA) is 116 Å². The highest BCUT2D eigenvalue weighted by Crippen LogP contribution is 2.30. The summed E-state index contributed by atoms with van der Waals surface area (Å²) in [4.78, 5) is 28.4. The lowest BCUT2D eigenvalue weighted by atomic mass is 10.2. The average Bonchev–Trinajstić information content (AvgIpc) is 3.34. The second-order valence-corrected chi connectivity index (χ2v) is 7.06. The smallest absolute Gasteiger partial charge is 0.275 e. The number of hydrogen-bond donors (Lipinski definition) is 3. The molecule has 4 N–H and O–H groups in total. The van der Waals surface area contributed by atoms with Gasteiger partial charge in [0.25, 0.3) is 11.8 Å². The fourth-order valence-corrected chi connectivity index (χ4v) is 3.15. The Kier molecular flexibility index (Phi) is 6.25. The molecule has 27 heavy (non-hydrogen) atoms. The number of methoxy groups -OCH3 is 1. The Labute approximate surface area is 161 Å². The summed E-state index contributed by atoms with van der Waals surface area (Å²) < 4.78 is 10.8. The van der Waals surface area contributed by atoms with Crippen molar-refractivity contribution in [1.82, 2.24) is 10.3 Å². The molecule has 2 aromatic rings. The zero-order valence-electron chi connectivity index (χ0n) is 15.0. The normalized spacial score (nSPS) is 13.1. The number of aromatic nitrogens is 1. The molecular weight excluding hydrogens is 368 g/mol. The maximum atomic E-state index is 12.4. The van der Waals surface area contributed by atoms with Crippen LogP contribution in [0.2, 0.25) is 0 Å². The third kappa shape index (κ3) is 5.41. The molecule has 8 nitrogen and oxygen atoms in total. The van der Waals surface area contributed by atoms with E-state index in [4.69, 9.17) is 15.2 Å². The van der Waals surface area contributed by atoms with Crippen molar-refractivity contribution in [2.75, 3.05) is 25.6 Å². The Hall–Kier alpha value is -2.65. The molecule has 0 unspecified atom stereocenters. The van der Waals surface area contributed by atoms with Crippen molar-refractivity contribution in [3.05, 3.63) is 34.3 Å². The van der Waals surface area contributed by atoms with Gasteiger partial charge >= 0.3 is 0 Å². The van der Waals surface area contributed by atoms with Gasteiger partial charge in [0.05, 0.1) is 12.1 Å². The van der Waals surface area contributed by atoms with Crippen molar-refractivity contribution in [2.24, 2.45) is 5.73 Å². The molecule has 1 saturated carbocycles. The van der Waals surface area contributed by atoms with Crippen LogP contribution in [0.15, 0.2) is 23.6 Å². The molecule has 1 heterocycles. The first-order chi connectivity index (χ1) is 13.1. The van der Waals surface area contributed by atoms with Gasteiger partial charge in [-0.1, -0.05) is 0 Å². The highest BCUT2D eigenvalue weighted by atomic mass is 32.1. The number of carbonyl (C=O) groups excluding carboxylic acids is 2. The van der Waals surface area contributed by atoms with Crippen LogP contribution in [0.5, 0.6) is 11.5 Å². The van der Waals surface area contributed by atoms with Crippen LogP contribution >= 0.6 is 11.3 Å². The second-order valence-electron chi connectivity index (χ2n) is 6.12. The Morgan fingerprint density at radius 3 is 2.85 bits per heavy atom. The highest BCUT2D eigenvalue weighted by molar-refractivity contribution is 7.09. The molecule has 0 radical (unpaired) electrons. The van der Waals surface area contributed by atoms with Crippen LogP contribution in [0.3, 0.4) is 0 Å². The lowest BCUT2D eigenvalue weighted by Gasteiger charge is -2.12. The lowest BCUT2D eigenvalue weighted by Crippen LogP contribution is -2.30. The predicted octanol–water partition coefficient (Wildman–Crippen LogP) is 1.56. The SMILES string of the molecule is COc1ccc(NC(=O)c2csc(CCN)n2)cc1OCC(=O)NC1CC1. The minimum Gasteiger partial charge on any atom is -0.493 e. The van der Waals surface area contributed by atoms with E-state index in [9.17, 15) is 9.59 Å². The molecular formula is C18H22N4O4S. The molecule has 3 rings (SSSR count). The van der Waals surface area contributed by atoms with Gasteiger partial charge in [-0.25, -0.2) is 4.98 Å². The molecule has 1 aliphatic carbocycles. The first kappa shape index (κ1) is 19.1. The van der Waals surface area contributed by atoms with Crippen LogP contribution in [0.4, 0.5) is 5.69 Å². The van der Waals surface area contributed by atoms with Crippen molar-refractivity contribution in [1.29, 1.82) is 0 Å². The van der Waals surface area contributed by atoms with E-state index in [1.54, 1.807) is 23.6 Å². The standard InChI is InChI=1S/C18H22N4O4S/c1-25-14-5-4-12(8-15(14)26-9-16(23)20-11-2-3-11)21-18(24)13-10-27-17(22-13)6-7-19/h4-5,8,10-11H,2-3,6-7,9,19H2,1H3,(H,20,23)(H,21,24). The monoisotopic (exact) mass is 390 g/mol. The molecule has 1 aliphatic rings. The number of rotatable bonds is 9. The van der Waals surface area contributed by atoms with Crippen LogP contribution < -0.4 is 25.8 Å². The first-order valence-electron chi connectivity index (χ1n) is 8.65. The van der Waals surface area contributed by atoms with Crippen molar-refractivity contribution < 1.29 is 19.1 Å². The minimum absolute atomic E-state index is 0.112. The number of ether oxygens (including phenoxy) is 2. The molecule has 2 amide bonds. The lowest BCUT2D eigenvalue weighted by molar-refractivity contribution is -0.123. The second kappa shape index (κ2) is 8.83. The number of nitrogens with zero attached hydrogens (tertiary/aromatic N) is 1. The number of thiazole rings is 1. The van der Waals surface area contributed by atoms with E-state index in [-0.39, 0.29) is 24.5 Å². The van der Waals surface area contributed by atoms with Gasteiger partial charge < -0.3 is 25.8 Å². The summed E-state index contributed by atoms with van der Waals surface area (Å²) in [6.07, 6.45) is 2.67. The number of anilines is 1. The molecule has 0 spiro atoms. The summed E-state index contributed by atoms with van der Waals surface area (Å²) in [6.45, 7) is 0.376. The van der Waals surface area contributed by atoms with Crippen LogP contribution in [0.1, 0.15) is 28.3 Å². The van der Waals surface area contributed by atoms with Crippen molar-refractivity contribution in [3.8, 4) is 11.5 Å². The molecule has 1 fully saturated rings. The molecule has 0 aliphatic heterocycles. The predicted molar refractivity (Wildman–Crippen MR) is 102 cm³/mol. The van der Waals surface area contributed by atoms with Crippen LogP contribution in [-0.2, 0) is 11.2 Å². The quantitative estimate of drug-likeness (QED) is 0.598. The van der Waals surface area contributed by atoms with E-state index in [1.807, 2.05) is 0 Å². The fraction of sp³-hybridized carbons (Fsp3) is 0.389. The summed E-state index contributed by atoms with van der Waals surface area (Å²) in [5.74, 6) is 0.357. The summed E-state index contributed by atoms with van der Waals surface area (Å²) in [7, 11) is 1.51. The van der Waals surface area contributed by atoms with Gasteiger partial charge in [-0.15, -0.1) is 11.3 Å². The number of hydrogen-bond acceptors (Lipinski definition) is 7. The molecule has 0 saturated heterocycles. The third-order valence-corrected chi connectivity index (χ3v) is 4.77. The third-order valence-electron chi connectivity index (χ3n) is 3.87. The number of benzene rings is 1. The minimum atomic E-state index is -0.322. The van der Waals surface area contributed by atoms with E-state index in [0.29, 0.717) is 35.8 Å². The maximum absolute atomic E-state index is 12.4. The summed E-state index contributed by atoms with van der Waals surface area (Å²) in [6, 6.07) is 5.26. The largest absolute Gasteiger partial charge is 0.493 e. The number of carbonyl (C=O) groups is 2. The Balaban J connectivity index is 1.63. The van der Waals surface area contributed by atoms with Gasteiger partial charge in [0.2, 0.25) is 0 Å². The van der Waals surface area contributed by atoms with E-state index < -0.39 is 0 Å². The van der Waals surface area contributed by atoms with E-state index in [0.717, 1.165) is 17.8 Å².